The Kier molecular flexibility index (Phi) is 4.84. The van der Waals surface area contributed by atoms with Gasteiger partial charge in [-0.15, -0.1) is 0 Å². The number of aromatic amines is 1. The summed E-state index contributed by atoms with van der Waals surface area (Å²) in [5.41, 5.74) is 3.38. The van der Waals surface area contributed by atoms with E-state index in [4.69, 9.17) is 4.74 Å². The number of hydrogen-bond donors (Lipinski definition) is 3. The van der Waals surface area contributed by atoms with Crippen molar-refractivity contribution in [2.24, 2.45) is 5.92 Å². The first-order valence-electron chi connectivity index (χ1n) is 9.28. The molecule has 0 aromatic carbocycles. The Morgan fingerprint density at radius 2 is 2.26 bits per heavy atom. The van der Waals surface area contributed by atoms with Crippen LogP contribution in [0.2, 0.25) is 0 Å². The third-order valence-corrected chi connectivity index (χ3v) is 5.57. The van der Waals surface area contributed by atoms with Crippen molar-refractivity contribution in [3.8, 4) is 5.88 Å². The summed E-state index contributed by atoms with van der Waals surface area (Å²) in [6.45, 7) is 1.67. The largest absolute Gasteiger partial charge is 0.481 e. The number of methoxy groups -OCH3 is 1. The summed E-state index contributed by atoms with van der Waals surface area (Å²) in [5.74, 6) is 0.517. The Bertz CT molecular complexity index is 813. The smallest absolute Gasteiger partial charge is 0.272 e. The van der Waals surface area contributed by atoms with Crippen molar-refractivity contribution in [2.75, 3.05) is 20.7 Å². The molecule has 0 spiro atoms. The van der Waals surface area contributed by atoms with Gasteiger partial charge in [0.1, 0.15) is 0 Å². The minimum atomic E-state index is -0.299. The Hall–Kier alpha value is -2.45. The molecule has 2 aromatic rings. The highest BCUT2D eigenvalue weighted by Crippen LogP contribution is 2.38. The second-order valence-corrected chi connectivity index (χ2v) is 7.49. The first-order chi connectivity index (χ1) is 13.0. The van der Waals surface area contributed by atoms with Crippen molar-refractivity contribution in [1.29, 1.82) is 0 Å². The van der Waals surface area contributed by atoms with Crippen LogP contribution in [-0.2, 0) is 13.0 Å². The van der Waals surface area contributed by atoms with Gasteiger partial charge in [0.25, 0.3) is 5.91 Å². The second-order valence-electron chi connectivity index (χ2n) is 7.49. The van der Waals surface area contributed by atoms with Gasteiger partial charge in [-0.25, -0.2) is 4.98 Å². The monoisotopic (exact) mass is 371 g/mol. The number of H-pyrrole nitrogens is 1. The molecule has 8 heteroatoms. The Morgan fingerprint density at radius 3 is 2.93 bits per heavy atom. The number of hydrogen-bond acceptors (Lipinski definition) is 6. The predicted molar refractivity (Wildman–Crippen MR) is 98.4 cm³/mol. The number of ether oxygens (including phenoxy) is 1. The van der Waals surface area contributed by atoms with Gasteiger partial charge < -0.3 is 20.1 Å². The lowest BCUT2D eigenvalue weighted by atomic mass is 9.75. The molecular weight excluding hydrogens is 346 g/mol. The average molecular weight is 371 g/mol. The number of aliphatic hydroxyl groups excluding tert-OH is 1. The molecule has 2 aliphatic rings. The summed E-state index contributed by atoms with van der Waals surface area (Å²) < 4.78 is 5.12. The Morgan fingerprint density at radius 1 is 1.44 bits per heavy atom. The zero-order valence-corrected chi connectivity index (χ0v) is 15.6. The molecule has 1 aliphatic heterocycles. The van der Waals surface area contributed by atoms with Crippen molar-refractivity contribution in [3.05, 3.63) is 40.8 Å². The van der Waals surface area contributed by atoms with Crippen LogP contribution in [0.25, 0.3) is 0 Å². The number of nitrogens with zero attached hydrogens (tertiary/aromatic N) is 3. The summed E-state index contributed by atoms with van der Waals surface area (Å²) in [6.07, 6.45) is 3.62. The van der Waals surface area contributed by atoms with Crippen molar-refractivity contribution in [2.45, 2.75) is 38.0 Å². The van der Waals surface area contributed by atoms with Crippen LogP contribution >= 0.6 is 0 Å². The van der Waals surface area contributed by atoms with Crippen molar-refractivity contribution < 1.29 is 14.6 Å². The van der Waals surface area contributed by atoms with Gasteiger partial charge in [0.2, 0.25) is 5.88 Å². The van der Waals surface area contributed by atoms with Crippen LogP contribution in [0.3, 0.4) is 0 Å². The van der Waals surface area contributed by atoms with Gasteiger partial charge in [-0.3, -0.25) is 9.89 Å². The summed E-state index contributed by atoms with van der Waals surface area (Å²) in [4.78, 5) is 19.4. The van der Waals surface area contributed by atoms with Gasteiger partial charge >= 0.3 is 0 Å². The molecular formula is C19H25N5O3. The number of carbonyl (C=O) groups is 1. The standard InChI is InChI=1S/C19H25N5O3/c1-24-6-5-15-14(10-24)18(23-22-15)19(26)21-17(12-7-13(25)8-12)11-3-4-16(27-2)20-9-11/h3-4,9,12-13,17,25H,5-8,10H2,1-2H3,(H,21,26)(H,22,23)/t12?,13?,17-/m0/s1. The topological polar surface area (TPSA) is 103 Å². The van der Waals surface area contributed by atoms with E-state index in [1.54, 1.807) is 19.4 Å². The fourth-order valence-electron chi connectivity index (χ4n) is 3.90. The highest BCUT2D eigenvalue weighted by Gasteiger charge is 2.37. The van der Waals surface area contributed by atoms with Crippen LogP contribution in [0.4, 0.5) is 0 Å². The van der Waals surface area contributed by atoms with Gasteiger partial charge in [0, 0.05) is 43.0 Å². The van der Waals surface area contributed by atoms with Crippen molar-refractivity contribution >= 4 is 5.91 Å². The summed E-state index contributed by atoms with van der Waals surface area (Å²) in [6, 6.07) is 3.48. The molecule has 1 aliphatic carbocycles. The van der Waals surface area contributed by atoms with E-state index in [2.05, 4.69) is 25.4 Å². The molecule has 27 heavy (non-hydrogen) atoms. The fraction of sp³-hybridized carbons (Fsp3) is 0.526. The van der Waals surface area contributed by atoms with E-state index in [1.807, 2.05) is 13.1 Å². The molecule has 4 rings (SSSR count). The molecule has 0 saturated heterocycles. The molecule has 2 aromatic heterocycles. The minimum absolute atomic E-state index is 0.177. The minimum Gasteiger partial charge on any atom is -0.481 e. The lowest BCUT2D eigenvalue weighted by molar-refractivity contribution is 0.0234. The number of amides is 1. The van der Waals surface area contributed by atoms with E-state index in [-0.39, 0.29) is 24.0 Å². The quantitative estimate of drug-likeness (QED) is 0.726. The number of likely N-dealkylation sites (N-methyl/N-ethyl adjacent to an activating group) is 1. The summed E-state index contributed by atoms with van der Waals surface area (Å²) in [7, 11) is 3.61. The van der Waals surface area contributed by atoms with E-state index < -0.39 is 0 Å². The van der Waals surface area contributed by atoms with Crippen LogP contribution in [-0.4, -0.2) is 57.9 Å². The number of aromatic nitrogens is 3. The summed E-state index contributed by atoms with van der Waals surface area (Å²) in [5, 5.41) is 20.1. The van der Waals surface area contributed by atoms with Gasteiger partial charge in [-0.2, -0.15) is 5.10 Å². The Labute approximate surface area is 157 Å². The maximum Gasteiger partial charge on any atom is 0.272 e. The first kappa shape index (κ1) is 17.9. The van der Waals surface area contributed by atoms with E-state index in [1.165, 1.54) is 0 Å². The van der Waals surface area contributed by atoms with E-state index in [0.29, 0.717) is 31.0 Å². The third kappa shape index (κ3) is 3.54. The Balaban J connectivity index is 1.56. The zero-order chi connectivity index (χ0) is 19.0. The van der Waals surface area contributed by atoms with Gasteiger partial charge in [-0.1, -0.05) is 6.07 Å². The SMILES string of the molecule is COc1ccc([C@H](NC(=O)c2n[nH]c3c2CN(C)CC3)C2CC(O)C2)cn1. The molecule has 8 nitrogen and oxygen atoms in total. The molecule has 144 valence electrons. The fourth-order valence-corrected chi connectivity index (χ4v) is 3.90. The molecule has 0 unspecified atom stereocenters. The number of nitrogens with one attached hydrogen (secondary N) is 2. The number of carbonyl (C=O) groups excluding carboxylic acids is 1. The van der Waals surface area contributed by atoms with Crippen LogP contribution in [0.15, 0.2) is 18.3 Å². The number of aliphatic hydroxyl groups is 1. The van der Waals surface area contributed by atoms with E-state index >= 15 is 0 Å². The number of pyridine rings is 1. The lowest BCUT2D eigenvalue weighted by Gasteiger charge is -2.38. The van der Waals surface area contributed by atoms with Crippen LogP contribution in [0.5, 0.6) is 5.88 Å². The first-order valence-corrected chi connectivity index (χ1v) is 9.28. The van der Waals surface area contributed by atoms with Gasteiger partial charge in [0.05, 0.1) is 19.3 Å². The van der Waals surface area contributed by atoms with Crippen LogP contribution in [0, 0.1) is 5.92 Å². The predicted octanol–water partition coefficient (Wildman–Crippen LogP) is 1.04. The lowest BCUT2D eigenvalue weighted by Crippen LogP contribution is -2.42. The van der Waals surface area contributed by atoms with Crippen molar-refractivity contribution in [3.63, 3.8) is 0 Å². The van der Waals surface area contributed by atoms with Gasteiger partial charge in [-0.05, 0) is 31.4 Å². The molecule has 3 heterocycles. The molecule has 0 radical (unpaired) electrons. The maximum absolute atomic E-state index is 13.0. The molecule has 0 bridgehead atoms. The van der Waals surface area contributed by atoms with Gasteiger partial charge in [0.15, 0.2) is 5.69 Å². The summed E-state index contributed by atoms with van der Waals surface area (Å²) >= 11 is 0. The maximum atomic E-state index is 13.0. The normalized spacial score (nSPS) is 23.2. The molecule has 1 amide bonds. The second kappa shape index (κ2) is 7.28. The molecule has 1 fully saturated rings. The highest BCUT2D eigenvalue weighted by atomic mass is 16.5. The molecule has 1 atom stereocenters. The number of rotatable bonds is 5. The van der Waals surface area contributed by atoms with E-state index in [0.717, 1.165) is 29.8 Å². The van der Waals surface area contributed by atoms with Crippen LogP contribution in [0.1, 0.15) is 46.2 Å². The molecule has 3 N–H and O–H groups in total. The van der Waals surface area contributed by atoms with Crippen molar-refractivity contribution in [1.82, 2.24) is 25.4 Å². The zero-order valence-electron chi connectivity index (χ0n) is 15.6. The van der Waals surface area contributed by atoms with Crippen LogP contribution < -0.4 is 10.1 Å². The molecule has 1 saturated carbocycles. The highest BCUT2D eigenvalue weighted by molar-refractivity contribution is 5.94. The number of fused-ring (bicyclic) bond motifs is 1. The van der Waals surface area contributed by atoms with E-state index in [9.17, 15) is 9.90 Å². The average Bonchev–Trinajstić information content (AvgIpc) is 3.07. The third-order valence-electron chi connectivity index (χ3n) is 5.57.